The van der Waals surface area contributed by atoms with Gasteiger partial charge in [-0.1, -0.05) is 46.3 Å². The molecule has 2 N–H and O–H groups in total. The number of amides is 2. The quantitative estimate of drug-likeness (QED) is 0.443. The minimum absolute atomic E-state index is 0.100. The van der Waals surface area contributed by atoms with E-state index in [1.54, 1.807) is 30.3 Å². The number of carbonyl (C=O) groups is 2. The number of nitrogens with one attached hydrogen (secondary N) is 2. The van der Waals surface area contributed by atoms with Crippen LogP contribution in [-0.2, 0) is 11.2 Å². The van der Waals surface area contributed by atoms with Gasteiger partial charge >= 0.3 is 0 Å². The molecule has 3 rings (SSSR count). The van der Waals surface area contributed by atoms with Gasteiger partial charge in [0, 0.05) is 15.8 Å². The average molecular weight is 518 g/mol. The monoisotopic (exact) mass is 516 g/mol. The zero-order valence-electron chi connectivity index (χ0n) is 15.5. The molecule has 3 aromatic rings. The molecule has 5 nitrogen and oxygen atoms in total. The molecule has 0 fully saturated rings. The first-order valence-electron chi connectivity index (χ1n) is 8.74. The van der Waals surface area contributed by atoms with Gasteiger partial charge in [0.15, 0.2) is 0 Å². The first kappa shape index (κ1) is 21.1. The molecular weight excluding hydrogens is 500 g/mol. The molecule has 0 aromatic heterocycles. The smallest absolute Gasteiger partial charge is 0.259 e. The maximum Gasteiger partial charge on any atom is 0.259 e. The van der Waals surface area contributed by atoms with Crippen LogP contribution in [0.1, 0.15) is 15.9 Å². The molecule has 3 aromatic carbocycles. The van der Waals surface area contributed by atoms with E-state index in [2.05, 4.69) is 42.5 Å². The molecule has 0 radical (unpaired) electrons. The Balaban J connectivity index is 1.65. The van der Waals surface area contributed by atoms with Crippen LogP contribution in [0.15, 0.2) is 75.7 Å². The van der Waals surface area contributed by atoms with E-state index < -0.39 is 0 Å². The first-order valence-corrected chi connectivity index (χ1v) is 10.3. The summed E-state index contributed by atoms with van der Waals surface area (Å²) < 4.78 is 6.76. The summed E-state index contributed by atoms with van der Waals surface area (Å²) in [4.78, 5) is 24.8. The summed E-state index contributed by atoms with van der Waals surface area (Å²) in [7, 11) is 1.51. The first-order chi connectivity index (χ1) is 14.0. The third-order valence-corrected chi connectivity index (χ3v) is 5.14. The van der Waals surface area contributed by atoms with Crippen LogP contribution in [0.3, 0.4) is 0 Å². The van der Waals surface area contributed by atoms with Crippen molar-refractivity contribution in [1.29, 1.82) is 0 Å². The summed E-state index contributed by atoms with van der Waals surface area (Å²) in [6, 6.07) is 20.0. The van der Waals surface area contributed by atoms with E-state index >= 15 is 0 Å². The van der Waals surface area contributed by atoms with Gasteiger partial charge in [-0.2, -0.15) is 0 Å². The van der Waals surface area contributed by atoms with Crippen molar-refractivity contribution in [2.45, 2.75) is 6.42 Å². The van der Waals surface area contributed by atoms with E-state index in [0.717, 1.165) is 10.0 Å². The van der Waals surface area contributed by atoms with Crippen molar-refractivity contribution in [2.75, 3.05) is 17.7 Å². The van der Waals surface area contributed by atoms with Crippen LogP contribution >= 0.6 is 31.9 Å². The molecule has 0 aliphatic heterocycles. The van der Waals surface area contributed by atoms with E-state index in [9.17, 15) is 9.59 Å². The number of benzene rings is 3. The predicted molar refractivity (Wildman–Crippen MR) is 122 cm³/mol. The van der Waals surface area contributed by atoms with Crippen LogP contribution in [-0.4, -0.2) is 18.9 Å². The summed E-state index contributed by atoms with van der Waals surface area (Å²) >= 11 is 6.77. The number of methoxy groups -OCH3 is 1. The number of anilines is 2. The van der Waals surface area contributed by atoms with Gasteiger partial charge in [0.25, 0.3) is 5.91 Å². The molecule has 148 valence electrons. The van der Waals surface area contributed by atoms with Gasteiger partial charge in [-0.25, -0.2) is 0 Å². The Bertz CT molecular complexity index is 1020. The molecule has 0 saturated carbocycles. The summed E-state index contributed by atoms with van der Waals surface area (Å²) in [5.41, 5.74) is 2.61. The van der Waals surface area contributed by atoms with Gasteiger partial charge in [0.2, 0.25) is 5.91 Å². The molecule has 29 heavy (non-hydrogen) atoms. The predicted octanol–water partition coefficient (Wildman–Crippen LogP) is 5.65. The Hall–Kier alpha value is -2.64. The Morgan fingerprint density at radius 1 is 0.897 bits per heavy atom. The largest absolute Gasteiger partial charge is 0.495 e. The molecule has 0 spiro atoms. The molecule has 2 amide bonds. The summed E-state index contributed by atoms with van der Waals surface area (Å²) in [5.74, 6) is 0.0527. The van der Waals surface area contributed by atoms with E-state index in [0.29, 0.717) is 33.6 Å². The number of rotatable bonds is 6. The molecule has 0 aliphatic carbocycles. The van der Waals surface area contributed by atoms with Gasteiger partial charge in [-0.3, -0.25) is 9.59 Å². The summed E-state index contributed by atoms with van der Waals surface area (Å²) in [6.07, 6.45) is 0.302. The molecule has 0 aliphatic rings. The van der Waals surface area contributed by atoms with Crippen LogP contribution in [0, 0.1) is 0 Å². The number of halogens is 2. The normalized spacial score (nSPS) is 10.3. The van der Waals surface area contributed by atoms with Gasteiger partial charge < -0.3 is 15.4 Å². The lowest BCUT2D eigenvalue weighted by Gasteiger charge is -2.12. The fraction of sp³-hybridized carbons (Fsp3) is 0.0909. The SMILES string of the molecule is COc1c(Br)cc(Br)cc1C(=O)Nc1ccc(NC(=O)Cc2ccccc2)cc1. The second-order valence-electron chi connectivity index (χ2n) is 6.21. The number of hydrogen-bond acceptors (Lipinski definition) is 3. The van der Waals surface area contributed by atoms with Gasteiger partial charge in [-0.05, 0) is 57.9 Å². The molecule has 0 heterocycles. The molecule has 0 saturated heterocycles. The second-order valence-corrected chi connectivity index (χ2v) is 7.98. The molecule has 0 atom stereocenters. The van der Waals surface area contributed by atoms with Gasteiger partial charge in [-0.15, -0.1) is 0 Å². The van der Waals surface area contributed by atoms with Crippen molar-refractivity contribution >= 4 is 55.0 Å². The molecule has 0 bridgehead atoms. The average Bonchev–Trinajstić information content (AvgIpc) is 2.69. The Labute approximate surface area is 185 Å². The highest BCUT2D eigenvalue weighted by Gasteiger charge is 2.16. The summed E-state index contributed by atoms with van der Waals surface area (Å²) in [6.45, 7) is 0. The fourth-order valence-corrected chi connectivity index (χ4v) is 4.15. The van der Waals surface area contributed by atoms with Crippen LogP contribution < -0.4 is 15.4 Å². The van der Waals surface area contributed by atoms with Crippen LogP contribution in [0.25, 0.3) is 0 Å². The maximum absolute atomic E-state index is 12.7. The number of ether oxygens (including phenoxy) is 1. The van der Waals surface area contributed by atoms with Crippen molar-refractivity contribution in [3.05, 3.63) is 86.8 Å². The van der Waals surface area contributed by atoms with E-state index in [1.807, 2.05) is 36.4 Å². The van der Waals surface area contributed by atoms with Crippen molar-refractivity contribution in [3.8, 4) is 5.75 Å². The Morgan fingerprint density at radius 2 is 1.52 bits per heavy atom. The minimum atomic E-state index is -0.301. The van der Waals surface area contributed by atoms with Crippen LogP contribution in [0.4, 0.5) is 11.4 Å². The highest BCUT2D eigenvalue weighted by atomic mass is 79.9. The van der Waals surface area contributed by atoms with E-state index in [1.165, 1.54) is 7.11 Å². The van der Waals surface area contributed by atoms with Crippen molar-refractivity contribution in [1.82, 2.24) is 0 Å². The Morgan fingerprint density at radius 3 is 2.14 bits per heavy atom. The topological polar surface area (TPSA) is 67.4 Å². The third-order valence-electron chi connectivity index (χ3n) is 4.09. The van der Waals surface area contributed by atoms with Gasteiger partial charge in [0.1, 0.15) is 5.75 Å². The highest BCUT2D eigenvalue weighted by Crippen LogP contribution is 2.33. The lowest BCUT2D eigenvalue weighted by molar-refractivity contribution is -0.115. The Kier molecular flexibility index (Phi) is 7.06. The van der Waals surface area contributed by atoms with Crippen molar-refractivity contribution in [3.63, 3.8) is 0 Å². The number of hydrogen-bond donors (Lipinski definition) is 2. The third kappa shape index (κ3) is 5.68. The number of carbonyl (C=O) groups excluding carboxylic acids is 2. The second kappa shape index (κ2) is 9.71. The van der Waals surface area contributed by atoms with Crippen LogP contribution in [0.2, 0.25) is 0 Å². The van der Waals surface area contributed by atoms with Crippen molar-refractivity contribution in [2.24, 2.45) is 0 Å². The zero-order valence-corrected chi connectivity index (χ0v) is 18.7. The summed E-state index contributed by atoms with van der Waals surface area (Å²) in [5, 5.41) is 5.69. The molecule has 0 unspecified atom stereocenters. The molecular formula is C22H18Br2N2O3. The van der Waals surface area contributed by atoms with Gasteiger partial charge in [0.05, 0.1) is 23.6 Å². The van der Waals surface area contributed by atoms with Crippen molar-refractivity contribution < 1.29 is 14.3 Å². The molecule has 7 heteroatoms. The fourth-order valence-electron chi connectivity index (χ4n) is 2.76. The minimum Gasteiger partial charge on any atom is -0.495 e. The van der Waals surface area contributed by atoms with Crippen LogP contribution in [0.5, 0.6) is 5.75 Å². The highest BCUT2D eigenvalue weighted by molar-refractivity contribution is 9.11. The maximum atomic E-state index is 12.7. The van der Waals surface area contributed by atoms with E-state index in [-0.39, 0.29) is 11.8 Å². The lowest BCUT2D eigenvalue weighted by Crippen LogP contribution is -2.15. The lowest BCUT2D eigenvalue weighted by atomic mass is 10.1. The standard InChI is InChI=1S/C22H18Br2N2O3/c1-29-21-18(12-15(23)13-19(21)24)22(28)26-17-9-7-16(8-10-17)25-20(27)11-14-5-3-2-4-6-14/h2-10,12-13H,11H2,1H3,(H,25,27)(H,26,28). The van der Waals surface area contributed by atoms with E-state index in [4.69, 9.17) is 4.74 Å². The zero-order chi connectivity index (χ0) is 20.8.